The van der Waals surface area contributed by atoms with Crippen molar-refractivity contribution in [2.24, 2.45) is 0 Å². The van der Waals surface area contributed by atoms with E-state index in [0.717, 1.165) is 55.3 Å². The summed E-state index contributed by atoms with van der Waals surface area (Å²) in [6.45, 7) is 3.33. The van der Waals surface area contributed by atoms with E-state index in [2.05, 4.69) is 15.6 Å². The van der Waals surface area contributed by atoms with Crippen molar-refractivity contribution in [1.82, 2.24) is 15.6 Å². The summed E-state index contributed by atoms with van der Waals surface area (Å²) in [5.74, 6) is -1.08. The monoisotopic (exact) mass is 405 g/mol. The van der Waals surface area contributed by atoms with Crippen LogP contribution < -0.4 is 16.2 Å². The van der Waals surface area contributed by atoms with Crippen LogP contribution in [0.2, 0.25) is 0 Å². The highest BCUT2D eigenvalue weighted by molar-refractivity contribution is 5.95. The number of hydrogen-bond donors (Lipinski definition) is 3. The molecule has 0 aliphatic heterocycles. The number of rotatable bonds is 8. The first kappa shape index (κ1) is 22.6. The van der Waals surface area contributed by atoms with Gasteiger partial charge in [0.1, 0.15) is 5.56 Å². The molecule has 29 heavy (non-hydrogen) atoms. The molecule has 0 bridgehead atoms. The molecule has 0 spiro atoms. The Morgan fingerprint density at radius 2 is 1.79 bits per heavy atom. The van der Waals surface area contributed by atoms with Crippen LogP contribution in [0.25, 0.3) is 0 Å². The lowest BCUT2D eigenvalue weighted by atomic mass is 9.89. The minimum Gasteiger partial charge on any atom is -0.444 e. The Bertz CT molecular complexity index is 800. The third-order valence-electron chi connectivity index (χ3n) is 5.08. The predicted molar refractivity (Wildman–Crippen MR) is 109 cm³/mol. The first-order chi connectivity index (χ1) is 13.9. The van der Waals surface area contributed by atoms with Crippen LogP contribution in [-0.4, -0.2) is 36.0 Å². The van der Waals surface area contributed by atoms with Gasteiger partial charge in [-0.05, 0) is 49.7 Å². The highest BCUT2D eigenvalue weighted by Crippen LogP contribution is 2.24. The molecule has 0 fully saturated rings. The smallest absolute Gasteiger partial charge is 0.307 e. The van der Waals surface area contributed by atoms with Crippen LogP contribution in [0, 0.1) is 0 Å². The Hall–Kier alpha value is -2.64. The number of ether oxygens (including phenoxy) is 1. The summed E-state index contributed by atoms with van der Waals surface area (Å²) in [7, 11) is 0. The Balaban J connectivity index is 2.29. The molecule has 0 aromatic carbocycles. The highest BCUT2D eigenvalue weighted by atomic mass is 16.5. The molecule has 2 amide bonds. The van der Waals surface area contributed by atoms with Crippen molar-refractivity contribution in [2.45, 2.75) is 71.6 Å². The van der Waals surface area contributed by atoms with Gasteiger partial charge in [0.2, 0.25) is 5.91 Å². The minimum absolute atomic E-state index is 0.0831. The maximum absolute atomic E-state index is 12.8. The summed E-state index contributed by atoms with van der Waals surface area (Å²) >= 11 is 0. The molecular weight excluding hydrogens is 374 g/mol. The molecule has 8 heteroatoms. The zero-order valence-corrected chi connectivity index (χ0v) is 17.3. The lowest BCUT2D eigenvalue weighted by Gasteiger charge is -2.20. The molecule has 0 unspecified atom stereocenters. The van der Waals surface area contributed by atoms with Gasteiger partial charge in [-0.1, -0.05) is 19.8 Å². The topological polar surface area (TPSA) is 117 Å². The molecule has 1 aliphatic carbocycles. The first-order valence-electron chi connectivity index (χ1n) is 10.4. The second-order valence-corrected chi connectivity index (χ2v) is 7.29. The second-order valence-electron chi connectivity index (χ2n) is 7.29. The number of hydrogen-bond acceptors (Lipinski definition) is 5. The Kier molecular flexibility index (Phi) is 8.89. The third-order valence-corrected chi connectivity index (χ3v) is 5.08. The standard InChI is InChI=1S/C21H31N3O5/c1-3-18(26)29-13-23-20(27)19-16(10-8-12-22-14(2)25)15-9-6-4-5-7-11-17(15)24-21(19)28/h3-13H2,1-2H3,(H,22,25)(H,23,27)(H,24,28). The lowest BCUT2D eigenvalue weighted by molar-refractivity contribution is -0.143. The molecule has 160 valence electrons. The summed E-state index contributed by atoms with van der Waals surface area (Å²) in [6.07, 6.45) is 7.22. The Morgan fingerprint density at radius 3 is 2.48 bits per heavy atom. The van der Waals surface area contributed by atoms with Crippen molar-refractivity contribution >= 4 is 17.8 Å². The summed E-state index contributed by atoms with van der Waals surface area (Å²) in [4.78, 5) is 50.8. The van der Waals surface area contributed by atoms with Crippen LogP contribution in [0.1, 0.15) is 79.6 Å². The van der Waals surface area contributed by atoms with Gasteiger partial charge in [-0.2, -0.15) is 0 Å². The van der Waals surface area contributed by atoms with Crippen LogP contribution in [0.15, 0.2) is 4.79 Å². The molecule has 1 aromatic heterocycles. The molecule has 1 heterocycles. The van der Waals surface area contributed by atoms with E-state index in [9.17, 15) is 19.2 Å². The zero-order chi connectivity index (χ0) is 21.2. The van der Waals surface area contributed by atoms with Gasteiger partial charge in [-0.25, -0.2) is 0 Å². The number of pyridine rings is 1. The SMILES string of the molecule is CCC(=O)OCNC(=O)c1c(CCCNC(C)=O)c2c([nH]c1=O)CCCCCC2. The molecular formula is C21H31N3O5. The Labute approximate surface area is 170 Å². The van der Waals surface area contributed by atoms with E-state index in [1.807, 2.05) is 0 Å². The van der Waals surface area contributed by atoms with E-state index in [0.29, 0.717) is 19.4 Å². The number of aromatic nitrogens is 1. The predicted octanol–water partition coefficient (Wildman–Crippen LogP) is 1.74. The molecule has 2 rings (SSSR count). The van der Waals surface area contributed by atoms with Crippen molar-refractivity contribution in [1.29, 1.82) is 0 Å². The normalized spacial score (nSPS) is 13.6. The average molecular weight is 405 g/mol. The number of fused-ring (bicyclic) bond motifs is 1. The van der Waals surface area contributed by atoms with Crippen LogP contribution in [-0.2, 0) is 33.6 Å². The van der Waals surface area contributed by atoms with Crippen molar-refractivity contribution in [3.05, 3.63) is 32.7 Å². The molecule has 3 N–H and O–H groups in total. The largest absolute Gasteiger partial charge is 0.444 e. The number of aryl methyl sites for hydroxylation is 1. The fourth-order valence-electron chi connectivity index (χ4n) is 3.64. The van der Waals surface area contributed by atoms with Gasteiger partial charge in [0.25, 0.3) is 11.5 Å². The van der Waals surface area contributed by atoms with Crippen LogP contribution in [0.3, 0.4) is 0 Å². The number of nitrogens with one attached hydrogen (secondary N) is 3. The first-order valence-corrected chi connectivity index (χ1v) is 10.4. The third kappa shape index (κ3) is 6.73. The van der Waals surface area contributed by atoms with E-state index in [1.165, 1.54) is 6.92 Å². The molecule has 0 atom stereocenters. The minimum atomic E-state index is -0.547. The van der Waals surface area contributed by atoms with Crippen molar-refractivity contribution in [3.63, 3.8) is 0 Å². The number of amides is 2. The molecule has 0 radical (unpaired) electrons. The van der Waals surface area contributed by atoms with Crippen LogP contribution in [0.5, 0.6) is 0 Å². The summed E-state index contributed by atoms with van der Waals surface area (Å²) < 4.78 is 4.91. The van der Waals surface area contributed by atoms with Crippen molar-refractivity contribution in [2.75, 3.05) is 13.3 Å². The quantitative estimate of drug-likeness (QED) is 0.346. The van der Waals surface area contributed by atoms with Crippen LogP contribution >= 0.6 is 0 Å². The van der Waals surface area contributed by atoms with E-state index in [-0.39, 0.29) is 24.6 Å². The number of esters is 1. The van der Waals surface area contributed by atoms with Gasteiger partial charge in [-0.15, -0.1) is 0 Å². The summed E-state index contributed by atoms with van der Waals surface area (Å²) in [6, 6.07) is 0. The van der Waals surface area contributed by atoms with Gasteiger partial charge >= 0.3 is 5.97 Å². The second kappa shape index (κ2) is 11.4. The fourth-order valence-corrected chi connectivity index (χ4v) is 3.64. The number of H-pyrrole nitrogens is 1. The molecule has 1 aliphatic rings. The fraction of sp³-hybridized carbons (Fsp3) is 0.619. The molecule has 1 aromatic rings. The van der Waals surface area contributed by atoms with Crippen molar-refractivity contribution < 1.29 is 19.1 Å². The highest BCUT2D eigenvalue weighted by Gasteiger charge is 2.23. The summed E-state index contributed by atoms with van der Waals surface area (Å²) in [5.41, 5.74) is 2.37. The Morgan fingerprint density at radius 1 is 1.07 bits per heavy atom. The van der Waals surface area contributed by atoms with Gasteiger partial charge in [0.15, 0.2) is 6.73 Å². The van der Waals surface area contributed by atoms with Gasteiger partial charge in [0.05, 0.1) is 0 Å². The number of aromatic amines is 1. The van der Waals surface area contributed by atoms with Crippen molar-refractivity contribution in [3.8, 4) is 0 Å². The van der Waals surface area contributed by atoms with Crippen LogP contribution in [0.4, 0.5) is 0 Å². The molecule has 0 saturated carbocycles. The maximum atomic E-state index is 12.8. The summed E-state index contributed by atoms with van der Waals surface area (Å²) in [5, 5.41) is 5.27. The number of carbonyl (C=O) groups is 3. The average Bonchev–Trinajstić information content (AvgIpc) is 2.66. The van der Waals surface area contributed by atoms with Gasteiger partial charge in [0, 0.05) is 25.6 Å². The number of carbonyl (C=O) groups excluding carboxylic acids is 3. The lowest BCUT2D eigenvalue weighted by Crippen LogP contribution is -2.35. The maximum Gasteiger partial charge on any atom is 0.307 e. The molecule has 8 nitrogen and oxygen atoms in total. The van der Waals surface area contributed by atoms with E-state index in [1.54, 1.807) is 6.92 Å². The van der Waals surface area contributed by atoms with E-state index < -0.39 is 17.4 Å². The van der Waals surface area contributed by atoms with Gasteiger partial charge in [-0.3, -0.25) is 19.2 Å². The molecule has 0 saturated heterocycles. The zero-order valence-electron chi connectivity index (χ0n) is 17.3. The van der Waals surface area contributed by atoms with E-state index >= 15 is 0 Å². The van der Waals surface area contributed by atoms with Gasteiger partial charge < -0.3 is 20.4 Å². The van der Waals surface area contributed by atoms with E-state index in [4.69, 9.17) is 4.74 Å².